The summed E-state index contributed by atoms with van der Waals surface area (Å²) >= 11 is 5.10. The summed E-state index contributed by atoms with van der Waals surface area (Å²) in [6.45, 7) is 2.46. The smallest absolute Gasteiger partial charge is 0.261 e. The SMILES string of the molecule is O=C(NC1C2CCN(CC2)C12CC2)c1cc2ccc(Br)cc2s1. The van der Waals surface area contributed by atoms with Crippen molar-refractivity contribution < 1.29 is 4.79 Å². The molecule has 5 heteroatoms. The zero-order valence-corrected chi connectivity index (χ0v) is 15.3. The third-order valence-corrected chi connectivity index (χ3v) is 7.56. The Bertz CT molecular complexity index is 789. The van der Waals surface area contributed by atoms with Gasteiger partial charge in [-0.2, -0.15) is 0 Å². The van der Waals surface area contributed by atoms with E-state index in [9.17, 15) is 4.79 Å². The predicted octanol–water partition coefficient (Wildman–Crippen LogP) is 4.02. The van der Waals surface area contributed by atoms with E-state index in [4.69, 9.17) is 0 Å². The maximum absolute atomic E-state index is 12.8. The number of hydrogen-bond donors (Lipinski definition) is 1. The molecule has 1 spiro atoms. The number of fused-ring (bicyclic) bond motifs is 3. The fourth-order valence-corrected chi connectivity index (χ4v) is 6.17. The fourth-order valence-electron chi connectivity index (χ4n) is 4.65. The first-order valence-electron chi connectivity index (χ1n) is 8.41. The van der Waals surface area contributed by atoms with Crippen molar-refractivity contribution in [1.29, 1.82) is 0 Å². The number of hydrogen-bond acceptors (Lipinski definition) is 3. The van der Waals surface area contributed by atoms with Crippen LogP contribution in [0.5, 0.6) is 0 Å². The number of carbonyl (C=O) groups is 1. The number of halogens is 1. The molecule has 4 fully saturated rings. The second-order valence-corrected chi connectivity index (χ2v) is 9.17. The minimum Gasteiger partial charge on any atom is -0.346 e. The molecule has 2 bridgehead atoms. The van der Waals surface area contributed by atoms with Crippen LogP contribution in [-0.2, 0) is 0 Å². The van der Waals surface area contributed by atoms with Crippen LogP contribution in [0.25, 0.3) is 10.1 Å². The van der Waals surface area contributed by atoms with Crippen molar-refractivity contribution in [2.75, 3.05) is 13.1 Å². The molecule has 1 aromatic carbocycles. The van der Waals surface area contributed by atoms with E-state index in [1.165, 1.54) is 43.5 Å². The van der Waals surface area contributed by atoms with E-state index in [1.807, 2.05) is 12.1 Å². The van der Waals surface area contributed by atoms with Crippen LogP contribution < -0.4 is 5.32 Å². The number of piperidine rings is 3. The number of nitrogens with zero attached hydrogens (tertiary/aromatic N) is 1. The normalized spacial score (nSPS) is 30.7. The van der Waals surface area contributed by atoms with Crippen molar-refractivity contribution in [1.82, 2.24) is 10.2 Å². The molecule has 3 saturated heterocycles. The monoisotopic (exact) mass is 390 g/mol. The van der Waals surface area contributed by atoms with E-state index in [-0.39, 0.29) is 5.91 Å². The second kappa shape index (κ2) is 5.04. The Balaban J connectivity index is 1.42. The maximum Gasteiger partial charge on any atom is 0.261 e. The van der Waals surface area contributed by atoms with Crippen LogP contribution in [0.3, 0.4) is 0 Å². The summed E-state index contributed by atoms with van der Waals surface area (Å²) in [7, 11) is 0. The first kappa shape index (κ1) is 14.4. The van der Waals surface area contributed by atoms with Crippen LogP contribution in [0.15, 0.2) is 28.7 Å². The Hall–Kier alpha value is -0.910. The highest BCUT2D eigenvalue weighted by molar-refractivity contribution is 9.10. The Morgan fingerprint density at radius 2 is 2.04 bits per heavy atom. The van der Waals surface area contributed by atoms with Crippen LogP contribution in [-0.4, -0.2) is 35.5 Å². The molecule has 4 aliphatic rings. The Kier molecular flexibility index (Phi) is 3.16. The van der Waals surface area contributed by atoms with Gasteiger partial charge in [0.25, 0.3) is 5.91 Å². The van der Waals surface area contributed by atoms with Crippen LogP contribution in [0.2, 0.25) is 0 Å². The van der Waals surface area contributed by atoms with Crippen molar-refractivity contribution in [2.45, 2.75) is 37.3 Å². The molecule has 4 heterocycles. The lowest BCUT2D eigenvalue weighted by molar-refractivity contribution is -0.00138. The van der Waals surface area contributed by atoms with E-state index in [2.05, 4.69) is 38.3 Å². The number of nitrogens with one attached hydrogen (secondary N) is 1. The van der Waals surface area contributed by atoms with Crippen molar-refractivity contribution in [3.05, 3.63) is 33.6 Å². The molecule has 2 aromatic rings. The Labute approximate surface area is 148 Å². The first-order valence-corrected chi connectivity index (χ1v) is 10.0. The molecule has 120 valence electrons. The average molecular weight is 391 g/mol. The molecule has 1 amide bonds. The highest BCUT2D eigenvalue weighted by Crippen LogP contribution is 2.53. The summed E-state index contributed by atoms with van der Waals surface area (Å²) < 4.78 is 2.23. The number of thiophene rings is 1. The zero-order valence-electron chi connectivity index (χ0n) is 12.8. The molecule has 3 aliphatic heterocycles. The first-order chi connectivity index (χ1) is 11.2. The second-order valence-electron chi connectivity index (χ2n) is 7.17. The van der Waals surface area contributed by atoms with Gasteiger partial charge in [0.15, 0.2) is 0 Å². The summed E-state index contributed by atoms with van der Waals surface area (Å²) in [6.07, 6.45) is 5.00. The third kappa shape index (κ3) is 2.20. The summed E-state index contributed by atoms with van der Waals surface area (Å²) in [5.74, 6) is 0.794. The highest BCUT2D eigenvalue weighted by Gasteiger charge is 2.60. The van der Waals surface area contributed by atoms with Crippen molar-refractivity contribution in [3.8, 4) is 0 Å². The molecule has 1 aromatic heterocycles. The van der Waals surface area contributed by atoms with Gasteiger partial charge in [-0.3, -0.25) is 9.69 Å². The summed E-state index contributed by atoms with van der Waals surface area (Å²) in [5.41, 5.74) is 0.302. The number of amides is 1. The molecule has 1 saturated carbocycles. The summed E-state index contributed by atoms with van der Waals surface area (Å²) in [6, 6.07) is 8.58. The van der Waals surface area contributed by atoms with Crippen molar-refractivity contribution in [2.24, 2.45) is 5.92 Å². The molecule has 1 aliphatic carbocycles. The Morgan fingerprint density at radius 3 is 2.78 bits per heavy atom. The predicted molar refractivity (Wildman–Crippen MR) is 97.0 cm³/mol. The van der Waals surface area contributed by atoms with E-state index in [0.717, 1.165) is 14.7 Å². The van der Waals surface area contributed by atoms with Gasteiger partial charge in [-0.05, 0) is 68.3 Å². The van der Waals surface area contributed by atoms with Gasteiger partial charge < -0.3 is 5.32 Å². The topological polar surface area (TPSA) is 32.3 Å². The molecule has 0 radical (unpaired) electrons. The van der Waals surface area contributed by atoms with E-state index in [0.29, 0.717) is 17.5 Å². The average Bonchev–Trinajstić information content (AvgIpc) is 3.22. The standard InChI is InChI=1S/C18H19BrN2OS/c19-13-2-1-12-9-15(23-14(12)10-13)17(22)20-16-11-3-7-21(8-4-11)18(16)5-6-18/h1-2,9-11,16H,3-8H2,(H,20,22). The molecule has 1 atom stereocenters. The number of benzene rings is 1. The minimum atomic E-state index is 0.118. The molecule has 23 heavy (non-hydrogen) atoms. The van der Waals surface area contributed by atoms with Crippen LogP contribution >= 0.6 is 27.3 Å². The van der Waals surface area contributed by atoms with Gasteiger partial charge in [-0.1, -0.05) is 22.0 Å². The quantitative estimate of drug-likeness (QED) is 0.839. The van der Waals surface area contributed by atoms with Crippen LogP contribution in [0.1, 0.15) is 35.4 Å². The molecule has 3 nitrogen and oxygen atoms in total. The largest absolute Gasteiger partial charge is 0.346 e. The lowest BCUT2D eigenvalue weighted by atomic mass is 9.77. The van der Waals surface area contributed by atoms with Gasteiger partial charge in [-0.25, -0.2) is 0 Å². The van der Waals surface area contributed by atoms with Gasteiger partial charge in [0.2, 0.25) is 0 Å². The van der Waals surface area contributed by atoms with E-state index in [1.54, 1.807) is 11.3 Å². The van der Waals surface area contributed by atoms with Gasteiger partial charge in [-0.15, -0.1) is 11.3 Å². The molecule has 1 unspecified atom stereocenters. The van der Waals surface area contributed by atoms with Crippen molar-refractivity contribution in [3.63, 3.8) is 0 Å². The van der Waals surface area contributed by atoms with Crippen molar-refractivity contribution >= 4 is 43.3 Å². The van der Waals surface area contributed by atoms with E-state index >= 15 is 0 Å². The Morgan fingerprint density at radius 1 is 1.26 bits per heavy atom. The highest BCUT2D eigenvalue weighted by atomic mass is 79.9. The fraction of sp³-hybridized carbons (Fsp3) is 0.500. The van der Waals surface area contributed by atoms with E-state index < -0.39 is 0 Å². The number of rotatable bonds is 2. The molecular weight excluding hydrogens is 372 g/mol. The minimum absolute atomic E-state index is 0.118. The van der Waals surface area contributed by atoms with Gasteiger partial charge >= 0.3 is 0 Å². The molecular formula is C18H19BrN2OS. The van der Waals surface area contributed by atoms with Gasteiger partial charge in [0, 0.05) is 14.7 Å². The summed E-state index contributed by atoms with van der Waals surface area (Å²) in [5, 5.41) is 4.56. The summed E-state index contributed by atoms with van der Waals surface area (Å²) in [4.78, 5) is 16.3. The lowest BCUT2D eigenvalue weighted by Gasteiger charge is -2.52. The maximum atomic E-state index is 12.8. The zero-order chi connectivity index (χ0) is 15.6. The van der Waals surface area contributed by atoms with Gasteiger partial charge in [0.05, 0.1) is 10.9 Å². The van der Waals surface area contributed by atoms with Crippen LogP contribution in [0, 0.1) is 5.92 Å². The lowest BCUT2D eigenvalue weighted by Crippen LogP contribution is -2.65. The molecule has 6 rings (SSSR count). The van der Waals surface area contributed by atoms with Gasteiger partial charge in [0.1, 0.15) is 0 Å². The third-order valence-electron chi connectivity index (χ3n) is 5.97. The molecule has 1 N–H and O–H groups in total. The van der Waals surface area contributed by atoms with Crippen LogP contribution in [0.4, 0.5) is 0 Å². The number of carbonyl (C=O) groups excluding carboxylic acids is 1.